The molecule has 3 heterocycles. The third-order valence-corrected chi connectivity index (χ3v) is 6.43. The van der Waals surface area contributed by atoms with E-state index in [-0.39, 0.29) is 17.6 Å². The maximum absolute atomic E-state index is 14.7. The Labute approximate surface area is 184 Å². The number of rotatable bonds is 5. The molecule has 0 radical (unpaired) electrons. The number of fused-ring (bicyclic) bond motifs is 2. The summed E-state index contributed by atoms with van der Waals surface area (Å²) in [5, 5.41) is 0. The molecule has 1 N–H and O–H groups in total. The molecule has 2 aromatic carbocycles. The van der Waals surface area contributed by atoms with Gasteiger partial charge in [-0.2, -0.15) is 0 Å². The fraction of sp³-hybridized carbons (Fsp3) is 0.308. The van der Waals surface area contributed by atoms with Gasteiger partial charge in [0.15, 0.2) is 5.82 Å². The van der Waals surface area contributed by atoms with Gasteiger partial charge in [-0.25, -0.2) is 18.7 Å². The molecule has 1 unspecified atom stereocenters. The first-order valence-corrected chi connectivity index (χ1v) is 11.2. The zero-order chi connectivity index (χ0) is 21.8. The predicted octanol–water partition coefficient (Wildman–Crippen LogP) is 6.06. The van der Waals surface area contributed by atoms with Gasteiger partial charge in [-0.1, -0.05) is 6.92 Å². The molecule has 162 valence electrons. The van der Waals surface area contributed by atoms with Gasteiger partial charge in [-0.15, -0.1) is 0 Å². The molecule has 0 amide bonds. The number of pyridine rings is 1. The van der Waals surface area contributed by atoms with Crippen LogP contribution in [0, 0.1) is 11.6 Å². The number of aromatic nitrogens is 3. The third-order valence-electron chi connectivity index (χ3n) is 6.43. The van der Waals surface area contributed by atoms with Crippen molar-refractivity contribution in [3.05, 3.63) is 76.7 Å². The van der Waals surface area contributed by atoms with Crippen molar-refractivity contribution in [3.8, 4) is 17.0 Å². The molecule has 1 fully saturated rings. The first-order chi connectivity index (χ1) is 15.5. The summed E-state index contributed by atoms with van der Waals surface area (Å²) in [5.41, 5.74) is 5.72. The van der Waals surface area contributed by atoms with Gasteiger partial charge in [0, 0.05) is 28.7 Å². The van der Waals surface area contributed by atoms with Crippen LogP contribution >= 0.6 is 0 Å². The monoisotopic (exact) mass is 431 g/mol. The largest absolute Gasteiger partial charge is 0.490 e. The zero-order valence-electron chi connectivity index (χ0n) is 17.8. The van der Waals surface area contributed by atoms with E-state index >= 15 is 0 Å². The summed E-state index contributed by atoms with van der Waals surface area (Å²) in [5.74, 6) is 1.84. The van der Waals surface area contributed by atoms with Gasteiger partial charge in [0.05, 0.1) is 12.1 Å². The molecule has 1 aliphatic carbocycles. The van der Waals surface area contributed by atoms with Crippen LogP contribution in [0.2, 0.25) is 0 Å². The SMILES string of the molecule is CC1COc2c1cc(CCc1cc(F)c3nc(C4CC4)[nH]c3c1)nc2-c1ccc(F)cc1. The van der Waals surface area contributed by atoms with Crippen molar-refractivity contribution in [2.24, 2.45) is 0 Å². The molecule has 6 rings (SSSR count). The Hall–Kier alpha value is -3.28. The number of halogens is 2. The molecule has 1 aliphatic heterocycles. The Bertz CT molecular complexity index is 1330. The highest BCUT2D eigenvalue weighted by Crippen LogP contribution is 2.41. The van der Waals surface area contributed by atoms with E-state index in [0.29, 0.717) is 30.9 Å². The van der Waals surface area contributed by atoms with Crippen LogP contribution in [0.25, 0.3) is 22.3 Å². The molecule has 4 aromatic rings. The van der Waals surface area contributed by atoms with E-state index < -0.39 is 0 Å². The number of aromatic amines is 1. The lowest BCUT2D eigenvalue weighted by molar-refractivity contribution is 0.337. The number of hydrogen-bond donors (Lipinski definition) is 1. The van der Waals surface area contributed by atoms with Gasteiger partial charge in [0.25, 0.3) is 0 Å². The Morgan fingerprint density at radius 2 is 1.84 bits per heavy atom. The maximum atomic E-state index is 14.7. The predicted molar refractivity (Wildman–Crippen MR) is 119 cm³/mol. The van der Waals surface area contributed by atoms with E-state index in [2.05, 4.69) is 23.0 Å². The van der Waals surface area contributed by atoms with Crippen LogP contribution in [0.1, 0.15) is 54.2 Å². The molecule has 6 heteroatoms. The molecule has 1 saturated carbocycles. The van der Waals surface area contributed by atoms with Crippen LogP contribution in [0.3, 0.4) is 0 Å². The van der Waals surface area contributed by atoms with Gasteiger partial charge in [0.1, 0.15) is 28.6 Å². The Balaban J connectivity index is 1.31. The molecule has 1 atom stereocenters. The second-order valence-electron chi connectivity index (χ2n) is 8.97. The molecular weight excluding hydrogens is 408 g/mol. The Morgan fingerprint density at radius 1 is 1.03 bits per heavy atom. The van der Waals surface area contributed by atoms with Crippen LogP contribution in [0.5, 0.6) is 5.75 Å². The molecule has 0 bridgehead atoms. The first kappa shape index (κ1) is 19.4. The van der Waals surface area contributed by atoms with Crippen LogP contribution in [0.4, 0.5) is 8.78 Å². The highest BCUT2D eigenvalue weighted by Gasteiger charge is 2.28. The molecule has 2 aromatic heterocycles. The van der Waals surface area contributed by atoms with E-state index in [1.54, 1.807) is 18.2 Å². The highest BCUT2D eigenvalue weighted by molar-refractivity contribution is 5.77. The average Bonchev–Trinajstić information content (AvgIpc) is 3.45. The van der Waals surface area contributed by atoms with Crippen LogP contribution in [0.15, 0.2) is 42.5 Å². The second kappa shape index (κ2) is 7.40. The van der Waals surface area contributed by atoms with Crippen molar-refractivity contribution in [2.45, 2.75) is 44.4 Å². The number of ether oxygens (including phenoxy) is 1. The standard InChI is InChI=1S/C26H23F2N3O/c1-14-13-32-25-20(14)12-19(29-23(25)16-5-7-18(27)8-6-16)9-2-15-10-21(28)24-22(11-15)30-26(31-24)17-3-4-17/h5-8,10-12,14,17H,2-4,9,13H2,1H3,(H,30,31). The number of hydrogen-bond acceptors (Lipinski definition) is 3. The van der Waals surface area contributed by atoms with Crippen molar-refractivity contribution in [2.75, 3.05) is 6.61 Å². The number of nitrogens with zero attached hydrogens (tertiary/aromatic N) is 2. The minimum atomic E-state index is -0.281. The van der Waals surface area contributed by atoms with Crippen molar-refractivity contribution in [1.82, 2.24) is 15.0 Å². The summed E-state index contributed by atoms with van der Waals surface area (Å²) in [4.78, 5) is 12.6. The van der Waals surface area contributed by atoms with Crippen molar-refractivity contribution in [3.63, 3.8) is 0 Å². The maximum Gasteiger partial charge on any atom is 0.151 e. The van der Waals surface area contributed by atoms with Gasteiger partial charge >= 0.3 is 0 Å². The molecular formula is C26H23F2N3O. The topological polar surface area (TPSA) is 50.8 Å². The lowest BCUT2D eigenvalue weighted by Gasteiger charge is -2.11. The summed E-state index contributed by atoms with van der Waals surface area (Å²) in [6.07, 6.45) is 3.57. The lowest BCUT2D eigenvalue weighted by atomic mass is 9.98. The number of imidazole rings is 1. The van der Waals surface area contributed by atoms with E-state index in [1.165, 1.54) is 12.1 Å². The molecule has 0 spiro atoms. The quantitative estimate of drug-likeness (QED) is 0.418. The van der Waals surface area contributed by atoms with Gasteiger partial charge < -0.3 is 9.72 Å². The van der Waals surface area contributed by atoms with Crippen molar-refractivity contribution >= 4 is 11.0 Å². The smallest absolute Gasteiger partial charge is 0.151 e. The molecule has 32 heavy (non-hydrogen) atoms. The second-order valence-corrected chi connectivity index (χ2v) is 8.97. The fourth-order valence-corrected chi connectivity index (χ4v) is 4.47. The first-order valence-electron chi connectivity index (χ1n) is 11.2. The number of nitrogens with one attached hydrogen (secondary N) is 1. The summed E-state index contributed by atoms with van der Waals surface area (Å²) in [6.45, 7) is 2.74. The molecule has 2 aliphatic rings. The highest BCUT2D eigenvalue weighted by atomic mass is 19.1. The van der Waals surface area contributed by atoms with Crippen LogP contribution in [-0.4, -0.2) is 21.6 Å². The summed E-state index contributed by atoms with van der Waals surface area (Å²) in [7, 11) is 0. The number of aryl methyl sites for hydroxylation is 2. The van der Waals surface area contributed by atoms with Gasteiger partial charge in [-0.3, -0.25) is 0 Å². The lowest BCUT2D eigenvalue weighted by Crippen LogP contribution is -2.00. The van der Waals surface area contributed by atoms with Gasteiger partial charge in [-0.05, 0) is 73.7 Å². The van der Waals surface area contributed by atoms with E-state index in [0.717, 1.165) is 58.0 Å². The van der Waals surface area contributed by atoms with Crippen LogP contribution < -0.4 is 4.74 Å². The molecule has 4 nitrogen and oxygen atoms in total. The normalized spacial score (nSPS) is 17.5. The van der Waals surface area contributed by atoms with E-state index in [9.17, 15) is 8.78 Å². The fourth-order valence-electron chi connectivity index (χ4n) is 4.47. The summed E-state index contributed by atoms with van der Waals surface area (Å²) >= 11 is 0. The van der Waals surface area contributed by atoms with Gasteiger partial charge in [0.2, 0.25) is 0 Å². The minimum absolute atomic E-state index is 0.269. The molecule has 0 saturated heterocycles. The summed E-state index contributed by atoms with van der Waals surface area (Å²) < 4.78 is 34.0. The Kier molecular flexibility index (Phi) is 4.49. The van der Waals surface area contributed by atoms with Crippen molar-refractivity contribution < 1.29 is 13.5 Å². The number of benzene rings is 2. The minimum Gasteiger partial charge on any atom is -0.490 e. The zero-order valence-corrected chi connectivity index (χ0v) is 17.8. The van der Waals surface area contributed by atoms with E-state index in [1.807, 2.05) is 6.07 Å². The number of H-pyrrole nitrogens is 1. The van der Waals surface area contributed by atoms with E-state index in [4.69, 9.17) is 9.72 Å². The Morgan fingerprint density at radius 3 is 2.62 bits per heavy atom. The summed E-state index contributed by atoms with van der Waals surface area (Å²) in [6, 6.07) is 12.0. The van der Waals surface area contributed by atoms with Crippen molar-refractivity contribution in [1.29, 1.82) is 0 Å². The third kappa shape index (κ3) is 3.44. The average molecular weight is 431 g/mol. The van der Waals surface area contributed by atoms with Crippen LogP contribution in [-0.2, 0) is 12.8 Å².